The van der Waals surface area contributed by atoms with Gasteiger partial charge in [0.2, 0.25) is 5.88 Å². The Morgan fingerprint density at radius 1 is 1.00 bits per heavy atom. The van der Waals surface area contributed by atoms with Crippen molar-refractivity contribution in [2.45, 2.75) is 0 Å². The van der Waals surface area contributed by atoms with Crippen molar-refractivity contribution in [3.63, 3.8) is 0 Å². The molecule has 2 N–H and O–H groups in total. The molecular formula is C16H14CuN2O3S. The van der Waals surface area contributed by atoms with E-state index in [4.69, 9.17) is 5.11 Å². The van der Waals surface area contributed by atoms with Crippen LogP contribution >= 0.6 is 11.3 Å². The van der Waals surface area contributed by atoms with E-state index in [1.807, 2.05) is 17.5 Å². The van der Waals surface area contributed by atoms with Gasteiger partial charge in [-0.25, -0.2) is 4.98 Å². The molecule has 0 aliphatic carbocycles. The molecule has 0 aliphatic heterocycles. The molecule has 0 amide bonds. The molecule has 2 heterocycles. The summed E-state index contributed by atoms with van der Waals surface area (Å²) < 4.78 is 0.668. The zero-order valence-corrected chi connectivity index (χ0v) is 13.6. The number of hydrogen-bond acceptors (Lipinski definition) is 5. The predicted octanol–water partition coefficient (Wildman–Crippen LogP) is 3.50. The summed E-state index contributed by atoms with van der Waals surface area (Å²) in [4.78, 5) is 4.39. The molecule has 0 unspecified atom stereocenters. The summed E-state index contributed by atoms with van der Waals surface area (Å²) in [7, 11) is 0. The van der Waals surface area contributed by atoms with Crippen LogP contribution in [0, 0.1) is 5.21 Å². The fourth-order valence-electron chi connectivity index (χ4n) is 1.55. The third-order valence-electron chi connectivity index (χ3n) is 2.56. The molecular weight excluding hydrogens is 364 g/mol. The Morgan fingerprint density at radius 3 is 2.26 bits per heavy atom. The molecule has 0 saturated carbocycles. The molecule has 0 atom stereocenters. The van der Waals surface area contributed by atoms with E-state index in [1.165, 1.54) is 35.9 Å². The maximum atomic E-state index is 11.6. The van der Waals surface area contributed by atoms with Gasteiger partial charge in [-0.15, -0.1) is 11.3 Å². The molecule has 23 heavy (non-hydrogen) atoms. The summed E-state index contributed by atoms with van der Waals surface area (Å²) >= 11 is 1.47. The van der Waals surface area contributed by atoms with E-state index in [-0.39, 0.29) is 34.4 Å². The second-order valence-corrected chi connectivity index (χ2v) is 5.13. The Kier molecular flexibility index (Phi) is 7.83. The third kappa shape index (κ3) is 6.12. The van der Waals surface area contributed by atoms with Crippen LogP contribution in [0.4, 0.5) is 5.69 Å². The first-order valence-electron chi connectivity index (χ1n) is 6.39. The Hall–Kier alpha value is -2.34. The van der Waals surface area contributed by atoms with E-state index in [0.717, 1.165) is 4.88 Å². The molecule has 3 rings (SSSR count). The van der Waals surface area contributed by atoms with E-state index in [2.05, 4.69) is 4.98 Å². The second-order valence-electron chi connectivity index (χ2n) is 4.15. The quantitative estimate of drug-likeness (QED) is 0.235. The minimum atomic E-state index is -0.0136. The first kappa shape index (κ1) is 18.7. The summed E-state index contributed by atoms with van der Waals surface area (Å²) in [5.41, 5.74) is 0.255. The number of aromatic nitrogens is 1. The Bertz CT molecular complexity index is 734. The first-order valence-corrected chi connectivity index (χ1v) is 7.27. The standard InChI is InChI=1S/C11H9NO2S.C5H5NO.Cu/c13-11-6-2-1-5-10(11)12(14)8-9-4-3-7-15-9;7-5-3-1-2-4-6-5;/h1-8,13H;1-4H,(H,6,7);/b12-8-;;. The Balaban J connectivity index is 0.000000280. The molecule has 0 spiro atoms. The number of phenols is 1. The van der Waals surface area contributed by atoms with Gasteiger partial charge in [-0.3, -0.25) is 0 Å². The van der Waals surface area contributed by atoms with Crippen molar-refractivity contribution in [3.8, 4) is 11.6 Å². The monoisotopic (exact) mass is 377 g/mol. The Labute approximate surface area is 148 Å². The SMILES string of the molecule is Oc1ccccn1.[Cu].[O-]/[N+](=C\c1cccs1)c1ccccc1O. The van der Waals surface area contributed by atoms with Gasteiger partial charge in [0.25, 0.3) is 5.69 Å². The fraction of sp³-hybridized carbons (Fsp3) is 0. The molecule has 0 bridgehead atoms. The molecule has 2 aromatic heterocycles. The zero-order valence-electron chi connectivity index (χ0n) is 11.8. The molecule has 123 valence electrons. The molecule has 3 aromatic rings. The van der Waals surface area contributed by atoms with Gasteiger partial charge in [0.15, 0.2) is 12.0 Å². The smallest absolute Gasteiger partial charge is 0.258 e. The van der Waals surface area contributed by atoms with Gasteiger partial charge < -0.3 is 15.4 Å². The number of thiophene rings is 1. The summed E-state index contributed by atoms with van der Waals surface area (Å²) in [6, 6.07) is 15.2. The minimum Gasteiger partial charge on any atom is -0.618 e. The van der Waals surface area contributed by atoms with Crippen molar-refractivity contribution in [1.29, 1.82) is 0 Å². The molecule has 0 saturated heterocycles. The molecule has 0 fully saturated rings. The van der Waals surface area contributed by atoms with Crippen LogP contribution in [0.15, 0.2) is 66.2 Å². The zero-order chi connectivity index (χ0) is 15.8. The summed E-state index contributed by atoms with van der Waals surface area (Å²) in [5, 5.41) is 31.5. The van der Waals surface area contributed by atoms with Gasteiger partial charge in [-0.2, -0.15) is 4.74 Å². The number of hydrogen-bond donors (Lipinski definition) is 2. The third-order valence-corrected chi connectivity index (χ3v) is 3.36. The average molecular weight is 378 g/mol. The Morgan fingerprint density at radius 2 is 1.74 bits per heavy atom. The van der Waals surface area contributed by atoms with Gasteiger partial charge >= 0.3 is 0 Å². The van der Waals surface area contributed by atoms with Crippen molar-refractivity contribution >= 4 is 23.2 Å². The van der Waals surface area contributed by atoms with Crippen molar-refractivity contribution in [2.75, 3.05) is 0 Å². The van der Waals surface area contributed by atoms with E-state index in [0.29, 0.717) is 4.74 Å². The first-order chi connectivity index (χ1) is 10.7. The molecule has 5 nitrogen and oxygen atoms in total. The van der Waals surface area contributed by atoms with Crippen LogP contribution in [-0.2, 0) is 17.1 Å². The van der Waals surface area contributed by atoms with Crippen LogP contribution in [0.25, 0.3) is 0 Å². The molecule has 1 radical (unpaired) electrons. The van der Waals surface area contributed by atoms with Crippen molar-refractivity contribution in [1.82, 2.24) is 4.98 Å². The van der Waals surface area contributed by atoms with E-state index in [9.17, 15) is 10.3 Å². The molecule has 0 aliphatic rings. The number of pyridine rings is 1. The van der Waals surface area contributed by atoms with Gasteiger partial charge in [0.05, 0.1) is 4.88 Å². The average Bonchev–Trinajstić information content (AvgIpc) is 3.02. The van der Waals surface area contributed by atoms with E-state index >= 15 is 0 Å². The van der Waals surface area contributed by atoms with Crippen molar-refractivity contribution < 1.29 is 32.0 Å². The van der Waals surface area contributed by atoms with Crippen molar-refractivity contribution in [3.05, 3.63) is 76.3 Å². The normalized spacial score (nSPS) is 10.2. The largest absolute Gasteiger partial charge is 0.618 e. The maximum Gasteiger partial charge on any atom is 0.258 e. The maximum absolute atomic E-state index is 11.6. The number of benzene rings is 1. The van der Waals surface area contributed by atoms with Crippen LogP contribution in [0.3, 0.4) is 0 Å². The van der Waals surface area contributed by atoms with Gasteiger partial charge in [0, 0.05) is 35.4 Å². The van der Waals surface area contributed by atoms with E-state index < -0.39 is 0 Å². The number of nitrogens with zero attached hydrogens (tertiary/aromatic N) is 2. The van der Waals surface area contributed by atoms with Gasteiger partial charge in [-0.05, 0) is 23.6 Å². The number of rotatable bonds is 2. The molecule has 1 aromatic carbocycles. The second kappa shape index (κ2) is 9.63. The summed E-state index contributed by atoms with van der Waals surface area (Å²) in [6.07, 6.45) is 2.98. The van der Waals surface area contributed by atoms with Crippen LogP contribution < -0.4 is 0 Å². The number of phenolic OH excluding ortho intramolecular Hbond substituents is 1. The topological polar surface area (TPSA) is 79.4 Å². The van der Waals surface area contributed by atoms with Crippen LogP contribution in [0.2, 0.25) is 0 Å². The van der Waals surface area contributed by atoms with Crippen molar-refractivity contribution in [2.24, 2.45) is 0 Å². The van der Waals surface area contributed by atoms with Crippen LogP contribution in [-0.4, -0.2) is 26.2 Å². The van der Waals surface area contributed by atoms with Crippen LogP contribution in [0.1, 0.15) is 4.88 Å². The fourth-order valence-corrected chi connectivity index (χ4v) is 2.18. The number of para-hydroxylation sites is 2. The molecule has 7 heteroatoms. The summed E-state index contributed by atoms with van der Waals surface area (Å²) in [6.45, 7) is 0. The van der Waals surface area contributed by atoms with Gasteiger partial charge in [0.1, 0.15) is 0 Å². The summed E-state index contributed by atoms with van der Waals surface area (Å²) in [5.74, 6) is 0.0582. The van der Waals surface area contributed by atoms with Gasteiger partial charge in [-0.1, -0.05) is 24.3 Å². The van der Waals surface area contributed by atoms with E-state index in [1.54, 1.807) is 30.3 Å². The predicted molar refractivity (Wildman–Crippen MR) is 86.8 cm³/mol. The minimum absolute atomic E-state index is 0. The van der Waals surface area contributed by atoms with Crippen LogP contribution in [0.5, 0.6) is 11.6 Å². The number of aromatic hydroxyl groups is 2.